The van der Waals surface area contributed by atoms with Crippen LogP contribution in [0.5, 0.6) is 0 Å². The van der Waals surface area contributed by atoms with Crippen molar-refractivity contribution in [2.24, 2.45) is 0 Å². The third-order valence-corrected chi connectivity index (χ3v) is 9.07. The predicted molar refractivity (Wildman–Crippen MR) is 174 cm³/mol. The molecule has 2 aliphatic rings. The van der Waals surface area contributed by atoms with Gasteiger partial charge in [0.25, 0.3) is 0 Å². The number of halogens is 1. The molecule has 2 aliphatic heterocycles. The summed E-state index contributed by atoms with van der Waals surface area (Å²) in [5, 5.41) is 9.98. The first-order valence-corrected chi connectivity index (χ1v) is 16.0. The number of piperazine rings is 1. The molecular weight excluding hydrogens is 608 g/mol. The minimum absolute atomic E-state index is 0.299. The van der Waals surface area contributed by atoms with Crippen LogP contribution >= 0.6 is 15.9 Å². The molecule has 0 saturated carbocycles. The number of aromatic amines is 1. The maximum absolute atomic E-state index is 12.3. The summed E-state index contributed by atoms with van der Waals surface area (Å²) in [6.07, 6.45) is 5.90. The molecule has 2 fully saturated rings. The molecule has 0 aliphatic carbocycles. The van der Waals surface area contributed by atoms with Crippen molar-refractivity contribution >= 4 is 50.1 Å². The van der Waals surface area contributed by atoms with Crippen molar-refractivity contribution in [1.82, 2.24) is 25.1 Å². The van der Waals surface area contributed by atoms with E-state index in [9.17, 15) is 4.79 Å². The van der Waals surface area contributed by atoms with Crippen LogP contribution in [0, 0.1) is 6.92 Å². The summed E-state index contributed by atoms with van der Waals surface area (Å²) in [4.78, 5) is 34.3. The molecular formula is C32H39BrN8O2. The number of nitrogens with one attached hydrogen (secondary N) is 1. The van der Waals surface area contributed by atoms with Crippen LogP contribution in [0.25, 0.3) is 11.0 Å². The van der Waals surface area contributed by atoms with Crippen molar-refractivity contribution in [3.8, 4) is 0 Å². The molecule has 11 heteroatoms. The maximum Gasteiger partial charge on any atom is 0.329 e. The van der Waals surface area contributed by atoms with Crippen LogP contribution in [0.2, 0.25) is 0 Å². The van der Waals surface area contributed by atoms with Crippen LogP contribution in [0.15, 0.2) is 53.4 Å². The van der Waals surface area contributed by atoms with Gasteiger partial charge in [-0.15, -0.1) is 0 Å². The Morgan fingerprint density at radius 3 is 2.44 bits per heavy atom. The van der Waals surface area contributed by atoms with Crippen molar-refractivity contribution < 1.29 is 9.63 Å². The molecule has 2 aromatic heterocycles. The lowest BCUT2D eigenvalue weighted by Gasteiger charge is -2.38. The minimum Gasteiger partial charge on any atom is -0.368 e. The molecule has 0 bridgehead atoms. The molecule has 0 spiro atoms. The van der Waals surface area contributed by atoms with Crippen LogP contribution in [0.3, 0.4) is 0 Å². The molecule has 2 saturated heterocycles. The number of rotatable bonds is 10. The van der Waals surface area contributed by atoms with Crippen molar-refractivity contribution in [1.29, 1.82) is 0 Å². The largest absolute Gasteiger partial charge is 0.368 e. The molecule has 0 atom stereocenters. The van der Waals surface area contributed by atoms with E-state index in [2.05, 4.69) is 100 Å². The number of H-pyrrole nitrogens is 1. The van der Waals surface area contributed by atoms with Gasteiger partial charge in [-0.25, -0.2) is 15.0 Å². The normalized spacial score (nSPS) is 15.8. The summed E-state index contributed by atoms with van der Waals surface area (Å²) >= 11 is 3.55. The Morgan fingerprint density at radius 1 is 0.977 bits per heavy atom. The van der Waals surface area contributed by atoms with E-state index in [0.717, 1.165) is 91.4 Å². The molecule has 4 aromatic rings. The highest BCUT2D eigenvalue weighted by molar-refractivity contribution is 9.10. The zero-order valence-corrected chi connectivity index (χ0v) is 26.5. The van der Waals surface area contributed by atoms with E-state index < -0.39 is 0 Å². The minimum atomic E-state index is -0.299. The number of aryl methyl sites for hydroxylation is 2. The second-order valence-corrected chi connectivity index (χ2v) is 12.1. The van der Waals surface area contributed by atoms with Crippen LogP contribution in [-0.2, 0) is 22.5 Å². The highest BCUT2D eigenvalue weighted by atomic mass is 79.9. The van der Waals surface area contributed by atoms with Gasteiger partial charge in [0.1, 0.15) is 16.7 Å². The summed E-state index contributed by atoms with van der Waals surface area (Å²) in [5.74, 6) is 0.592. The fourth-order valence-corrected chi connectivity index (χ4v) is 6.68. The average Bonchev–Trinajstić information content (AvgIpc) is 3.69. The molecule has 0 amide bonds. The van der Waals surface area contributed by atoms with E-state index in [1.54, 1.807) is 6.33 Å². The van der Waals surface area contributed by atoms with Crippen LogP contribution in [-0.4, -0.2) is 83.4 Å². The van der Waals surface area contributed by atoms with Gasteiger partial charge >= 0.3 is 5.97 Å². The third kappa shape index (κ3) is 6.78. The van der Waals surface area contributed by atoms with Gasteiger partial charge < -0.3 is 19.5 Å². The number of benzene rings is 2. The van der Waals surface area contributed by atoms with Crippen LogP contribution in [0.4, 0.5) is 17.2 Å². The zero-order valence-electron chi connectivity index (χ0n) is 24.9. The Kier molecular flexibility index (Phi) is 9.08. The number of fused-ring (bicyclic) bond motifs is 1. The Bertz CT molecular complexity index is 1550. The first kappa shape index (κ1) is 29.4. The highest BCUT2D eigenvalue weighted by Gasteiger charge is 2.26. The average molecular weight is 648 g/mol. The fourth-order valence-electron chi connectivity index (χ4n) is 6.22. The maximum atomic E-state index is 12.3. The monoisotopic (exact) mass is 646 g/mol. The van der Waals surface area contributed by atoms with Crippen molar-refractivity contribution in [2.75, 3.05) is 67.2 Å². The van der Waals surface area contributed by atoms with Gasteiger partial charge in [0, 0.05) is 45.3 Å². The first-order valence-electron chi connectivity index (χ1n) is 15.2. The molecule has 0 radical (unpaired) electrons. The number of anilines is 3. The lowest BCUT2D eigenvalue weighted by molar-refractivity contribution is -0.142. The van der Waals surface area contributed by atoms with E-state index in [1.807, 2.05) is 5.06 Å². The lowest BCUT2D eigenvalue weighted by atomic mass is 9.99. The SMILES string of the molecule is CC(=O)ON(CCN1CCCC1)c1cc(CCc2ccccc2)cc(N2CCN(c3ncnc4[nH]nc(Br)c34)CC2)c1C. The predicted octanol–water partition coefficient (Wildman–Crippen LogP) is 4.92. The van der Waals surface area contributed by atoms with E-state index in [4.69, 9.17) is 4.84 Å². The van der Waals surface area contributed by atoms with Crippen LogP contribution < -0.4 is 14.9 Å². The van der Waals surface area contributed by atoms with Crippen molar-refractivity contribution in [3.63, 3.8) is 0 Å². The second kappa shape index (κ2) is 13.3. The lowest BCUT2D eigenvalue weighted by Crippen LogP contribution is -2.47. The fraction of sp³-hybridized carbons (Fsp3) is 0.438. The smallest absolute Gasteiger partial charge is 0.329 e. The Morgan fingerprint density at radius 2 is 1.70 bits per heavy atom. The number of likely N-dealkylation sites (tertiary alicyclic amines) is 1. The Labute approximate surface area is 261 Å². The summed E-state index contributed by atoms with van der Waals surface area (Å²) in [6.45, 7) is 10.7. The standard InChI is InChI=1S/C32H39BrN8O2/c1-23-27(39-15-17-40(18-16-39)32-29-30(33)36-37-31(29)34-22-35-32)20-26(11-10-25-8-4-3-5-9-25)21-28(23)41(43-24(2)42)19-14-38-12-6-7-13-38/h3-5,8-9,20-22H,6-7,10-19H2,1-2H3,(H,34,35,36,37). The first-order chi connectivity index (χ1) is 21.0. The number of aromatic nitrogens is 4. The van der Waals surface area contributed by atoms with Gasteiger partial charge in [-0.2, -0.15) is 5.10 Å². The Balaban J connectivity index is 1.27. The number of carbonyl (C=O) groups excluding carboxylic acids is 1. The van der Waals surface area contributed by atoms with E-state index in [0.29, 0.717) is 6.54 Å². The highest BCUT2D eigenvalue weighted by Crippen LogP contribution is 2.35. The van der Waals surface area contributed by atoms with Gasteiger partial charge in [0.2, 0.25) is 0 Å². The number of nitrogens with zero attached hydrogens (tertiary/aromatic N) is 7. The Hall–Kier alpha value is -3.70. The topological polar surface area (TPSA) is 93.7 Å². The molecule has 226 valence electrons. The van der Waals surface area contributed by atoms with Gasteiger partial charge in [0.15, 0.2) is 5.65 Å². The molecule has 43 heavy (non-hydrogen) atoms. The molecule has 0 unspecified atom stereocenters. The molecule has 6 rings (SSSR count). The van der Waals surface area contributed by atoms with Gasteiger partial charge in [-0.1, -0.05) is 30.3 Å². The quantitative estimate of drug-likeness (QED) is 0.241. The second-order valence-electron chi connectivity index (χ2n) is 11.4. The van der Waals surface area contributed by atoms with Crippen LogP contribution in [0.1, 0.15) is 36.5 Å². The summed E-state index contributed by atoms with van der Waals surface area (Å²) in [5.41, 5.74) is 6.56. The number of carbonyl (C=O) groups is 1. The van der Waals surface area contributed by atoms with Gasteiger partial charge in [-0.05, 0) is 90.4 Å². The van der Waals surface area contributed by atoms with Gasteiger partial charge in [-0.3, -0.25) is 9.89 Å². The van der Waals surface area contributed by atoms with E-state index >= 15 is 0 Å². The number of hydrogen-bond donors (Lipinski definition) is 1. The third-order valence-electron chi connectivity index (χ3n) is 8.50. The number of hydroxylamine groups is 1. The molecule has 10 nitrogen and oxygen atoms in total. The number of hydrogen-bond acceptors (Lipinski definition) is 9. The summed E-state index contributed by atoms with van der Waals surface area (Å²) in [7, 11) is 0. The summed E-state index contributed by atoms with van der Waals surface area (Å²) < 4.78 is 0.728. The molecule has 1 N–H and O–H groups in total. The zero-order chi connectivity index (χ0) is 29.8. The molecule has 4 heterocycles. The molecule has 2 aromatic carbocycles. The van der Waals surface area contributed by atoms with Gasteiger partial charge in [0.05, 0.1) is 17.6 Å². The van der Waals surface area contributed by atoms with Crippen molar-refractivity contribution in [3.05, 3.63) is 70.1 Å². The van der Waals surface area contributed by atoms with E-state index in [1.165, 1.54) is 36.6 Å². The summed E-state index contributed by atoms with van der Waals surface area (Å²) in [6, 6.07) is 15.2. The van der Waals surface area contributed by atoms with Crippen molar-refractivity contribution in [2.45, 2.75) is 39.5 Å². The van der Waals surface area contributed by atoms with E-state index in [-0.39, 0.29) is 5.97 Å².